The molecule has 0 saturated carbocycles. The van der Waals surface area contributed by atoms with Crippen LogP contribution in [0.15, 0.2) is 97.1 Å². The molecule has 0 radical (unpaired) electrons. The van der Waals surface area contributed by atoms with Crippen molar-refractivity contribution >= 4 is 37.3 Å². The Hall–Kier alpha value is -3.73. The Morgan fingerprint density at radius 2 is 1.02 bits per heavy atom. The third-order valence-corrected chi connectivity index (χ3v) is 6.53. The molecule has 0 fully saturated rings. The summed E-state index contributed by atoms with van der Waals surface area (Å²) in [5.41, 5.74) is 5.46. The first-order valence-electron chi connectivity index (χ1n) is 14.0. The van der Waals surface area contributed by atoms with Crippen molar-refractivity contribution in [3.05, 3.63) is 120 Å². The Kier molecular flexibility index (Phi) is 13.0. The second-order valence-corrected chi connectivity index (χ2v) is 9.91. The Labute approximate surface area is 253 Å². The number of methoxy groups -OCH3 is 2. The van der Waals surface area contributed by atoms with Gasteiger partial charge in [-0.1, -0.05) is 71.6 Å². The zero-order valence-corrected chi connectivity index (χ0v) is 24.4. The molecule has 0 aromatic heterocycles. The van der Waals surface area contributed by atoms with Crippen molar-refractivity contribution in [3.8, 4) is 0 Å². The molecule has 0 spiro atoms. The summed E-state index contributed by atoms with van der Waals surface area (Å²) in [6, 6.07) is 28.6. The molecular formula is C32H36B2F2N2O5. The Bertz CT molecular complexity index is 1280. The second-order valence-electron chi connectivity index (χ2n) is 9.91. The largest absolute Gasteiger partial charge is 0.430 e. The first kappa shape index (κ1) is 32.2. The Morgan fingerprint density at radius 1 is 0.605 bits per heavy atom. The van der Waals surface area contributed by atoms with Crippen molar-refractivity contribution in [3.63, 3.8) is 0 Å². The van der Waals surface area contributed by atoms with Gasteiger partial charge in [0.1, 0.15) is 24.1 Å². The summed E-state index contributed by atoms with van der Waals surface area (Å²) in [6.07, 6.45) is -0.788. The van der Waals surface area contributed by atoms with E-state index >= 15 is 0 Å². The van der Waals surface area contributed by atoms with E-state index in [1.165, 1.54) is 24.3 Å². The predicted molar refractivity (Wildman–Crippen MR) is 168 cm³/mol. The van der Waals surface area contributed by atoms with E-state index in [1.807, 2.05) is 48.5 Å². The minimum Gasteiger partial charge on any atom is -0.430 e. The van der Waals surface area contributed by atoms with Gasteiger partial charge >= 0.3 is 15.0 Å². The topological polar surface area (TPSA) is 70.2 Å². The van der Waals surface area contributed by atoms with Crippen LogP contribution in [-0.4, -0.2) is 54.9 Å². The number of hydrogen-bond acceptors (Lipinski definition) is 7. The van der Waals surface area contributed by atoms with Crippen LogP contribution in [0.2, 0.25) is 0 Å². The third kappa shape index (κ3) is 11.5. The molecule has 2 N–H and O–H groups in total. The summed E-state index contributed by atoms with van der Waals surface area (Å²) in [5.74, 6) is -0.620. The number of anilines is 2. The van der Waals surface area contributed by atoms with E-state index in [0.29, 0.717) is 52.8 Å². The molecule has 0 aliphatic rings. The monoisotopic (exact) mass is 588 g/mol. The summed E-state index contributed by atoms with van der Waals surface area (Å²) in [5, 5.41) is 6.20. The number of halogens is 2. The van der Waals surface area contributed by atoms with E-state index in [2.05, 4.69) is 10.6 Å². The van der Waals surface area contributed by atoms with Gasteiger partial charge in [-0.05, 0) is 47.5 Å². The molecule has 0 heterocycles. The lowest BCUT2D eigenvalue weighted by Crippen LogP contribution is -2.30. The van der Waals surface area contributed by atoms with E-state index in [1.54, 1.807) is 38.5 Å². The molecule has 0 amide bonds. The predicted octanol–water partition coefficient (Wildman–Crippen LogP) is 3.84. The maximum atomic E-state index is 13.4. The van der Waals surface area contributed by atoms with E-state index in [0.717, 1.165) is 22.1 Å². The van der Waals surface area contributed by atoms with Gasteiger partial charge in [0.25, 0.3) is 0 Å². The summed E-state index contributed by atoms with van der Waals surface area (Å²) < 4.78 is 55.1. The first-order chi connectivity index (χ1) is 21.0. The highest BCUT2D eigenvalue weighted by atomic mass is 19.1. The van der Waals surface area contributed by atoms with Crippen molar-refractivity contribution in [1.29, 1.82) is 0 Å². The highest BCUT2D eigenvalue weighted by molar-refractivity contribution is 6.47. The van der Waals surface area contributed by atoms with Crippen LogP contribution in [0, 0.1) is 11.6 Å². The van der Waals surface area contributed by atoms with Crippen molar-refractivity contribution in [1.82, 2.24) is 0 Å². The van der Waals surface area contributed by atoms with Gasteiger partial charge in [0.2, 0.25) is 0 Å². The quantitative estimate of drug-likeness (QED) is 0.135. The number of benzene rings is 4. The number of rotatable bonds is 18. The normalized spacial score (nSPS) is 12.4. The van der Waals surface area contributed by atoms with E-state index in [4.69, 9.17) is 23.5 Å². The van der Waals surface area contributed by atoms with Crippen molar-refractivity contribution in [2.75, 3.05) is 38.1 Å². The molecule has 2 unspecified atom stereocenters. The molecular weight excluding hydrogens is 552 g/mol. The van der Waals surface area contributed by atoms with E-state index in [-0.39, 0.29) is 11.6 Å². The molecule has 7 nitrogen and oxygen atoms in total. The van der Waals surface area contributed by atoms with Crippen LogP contribution in [0.4, 0.5) is 20.2 Å². The van der Waals surface area contributed by atoms with Gasteiger partial charge in [0, 0.05) is 25.6 Å². The van der Waals surface area contributed by atoms with Gasteiger partial charge in [-0.25, -0.2) is 8.78 Å². The van der Waals surface area contributed by atoms with Crippen LogP contribution < -0.4 is 21.6 Å². The number of nitrogens with one attached hydrogen (secondary N) is 2. The zero-order chi connectivity index (χ0) is 30.3. The molecule has 0 saturated heterocycles. The standard InChI is InChI=1S/C32H36B2F2N2O5/c1-39-31(37-29-7-3-5-27(35)17-29)21-42-33-25-13-9-23(10-14-25)19-41-20-24-11-15-26(16-12-24)34-43-22-32(40-2)38-30-8-4-6-28(36)18-30/h3-18,31-34,37-38H,19-22H2,1-2H3. The highest BCUT2D eigenvalue weighted by Crippen LogP contribution is 2.12. The summed E-state index contributed by atoms with van der Waals surface area (Å²) in [4.78, 5) is 0. The van der Waals surface area contributed by atoms with E-state index in [9.17, 15) is 8.78 Å². The molecule has 0 aliphatic heterocycles. The average Bonchev–Trinajstić information content (AvgIpc) is 3.01. The van der Waals surface area contributed by atoms with Crippen molar-refractivity contribution in [2.24, 2.45) is 0 Å². The lowest BCUT2D eigenvalue weighted by molar-refractivity contribution is 0.0804. The van der Waals surface area contributed by atoms with Gasteiger partial charge in [-0.2, -0.15) is 0 Å². The summed E-state index contributed by atoms with van der Waals surface area (Å²) in [7, 11) is 4.01. The van der Waals surface area contributed by atoms with Crippen LogP contribution in [0.5, 0.6) is 0 Å². The summed E-state index contributed by atoms with van der Waals surface area (Å²) in [6.45, 7) is 1.60. The van der Waals surface area contributed by atoms with Crippen LogP contribution >= 0.6 is 0 Å². The van der Waals surface area contributed by atoms with Gasteiger partial charge < -0.3 is 34.2 Å². The number of ether oxygens (including phenoxy) is 3. The third-order valence-electron chi connectivity index (χ3n) is 6.53. The smallest absolute Gasteiger partial charge is 0.308 e. The van der Waals surface area contributed by atoms with E-state index < -0.39 is 12.5 Å². The van der Waals surface area contributed by atoms with Gasteiger partial charge in [0.15, 0.2) is 0 Å². The molecule has 4 rings (SSSR count). The minimum absolute atomic E-state index is 0.310. The Balaban J connectivity index is 1.11. The van der Waals surface area contributed by atoms with Crippen LogP contribution in [0.3, 0.4) is 0 Å². The van der Waals surface area contributed by atoms with Gasteiger partial charge in [0.05, 0.1) is 26.4 Å². The minimum atomic E-state index is -0.394. The zero-order valence-electron chi connectivity index (χ0n) is 24.4. The van der Waals surface area contributed by atoms with Crippen LogP contribution in [0.25, 0.3) is 0 Å². The van der Waals surface area contributed by atoms with Crippen molar-refractivity contribution < 1.29 is 32.3 Å². The van der Waals surface area contributed by atoms with Crippen LogP contribution in [0.1, 0.15) is 11.1 Å². The fourth-order valence-electron chi connectivity index (χ4n) is 4.18. The molecule has 11 heteroatoms. The molecule has 0 aliphatic carbocycles. The highest BCUT2D eigenvalue weighted by Gasteiger charge is 2.10. The fraction of sp³-hybridized carbons (Fsp3) is 0.250. The average molecular weight is 588 g/mol. The second kappa shape index (κ2) is 17.4. The molecule has 224 valence electrons. The maximum Gasteiger partial charge on any atom is 0.308 e. The Morgan fingerprint density at radius 3 is 1.40 bits per heavy atom. The lowest BCUT2D eigenvalue weighted by Gasteiger charge is -2.18. The fourth-order valence-corrected chi connectivity index (χ4v) is 4.18. The van der Waals surface area contributed by atoms with Gasteiger partial charge in [-0.3, -0.25) is 0 Å². The van der Waals surface area contributed by atoms with Crippen LogP contribution in [-0.2, 0) is 36.7 Å². The summed E-state index contributed by atoms with van der Waals surface area (Å²) >= 11 is 0. The molecule has 43 heavy (non-hydrogen) atoms. The molecule has 4 aromatic carbocycles. The van der Waals surface area contributed by atoms with Crippen molar-refractivity contribution in [2.45, 2.75) is 25.7 Å². The lowest BCUT2D eigenvalue weighted by atomic mass is 9.87. The molecule has 2 atom stereocenters. The maximum absolute atomic E-state index is 13.4. The number of hydrogen-bond donors (Lipinski definition) is 2. The molecule has 0 bridgehead atoms. The molecule has 4 aromatic rings. The SMILES string of the molecule is COC(COBc1ccc(COCc2ccc(BOCC(Nc3cccc(F)c3)OC)cc2)cc1)Nc1cccc(F)c1. The van der Waals surface area contributed by atoms with Gasteiger partial charge in [-0.15, -0.1) is 0 Å². The first-order valence-corrected chi connectivity index (χ1v) is 14.0.